The molecule has 0 saturated heterocycles. The minimum atomic E-state index is -0.339. The van der Waals surface area contributed by atoms with Crippen molar-refractivity contribution >= 4 is 0 Å². The molecule has 42 valence electrons. The predicted octanol–water partition coefficient (Wildman–Crippen LogP) is -5.50. The van der Waals surface area contributed by atoms with E-state index < -0.39 is 0 Å². The molecule has 0 spiro atoms. The van der Waals surface area contributed by atoms with E-state index >= 15 is 0 Å². The molecule has 0 aromatic rings. The maximum atomic E-state index is 10.5. The maximum Gasteiger partial charge on any atom is 1.00 e. The van der Waals surface area contributed by atoms with Crippen LogP contribution in [-0.4, -0.2) is 6.10 Å². The first-order valence-electron chi connectivity index (χ1n) is 2.89. The number of rotatable bonds is 0. The van der Waals surface area contributed by atoms with Crippen molar-refractivity contribution in [3.05, 3.63) is 6.42 Å². The van der Waals surface area contributed by atoms with Gasteiger partial charge >= 0.3 is 37.7 Å². The van der Waals surface area contributed by atoms with Crippen LogP contribution in [0, 0.1) is 6.42 Å². The van der Waals surface area contributed by atoms with E-state index in [1.807, 2.05) is 6.42 Å². The minimum absolute atomic E-state index is 0. The second-order valence-corrected chi connectivity index (χ2v) is 2.06. The van der Waals surface area contributed by atoms with Gasteiger partial charge in [-0.25, -0.2) is 0 Å². The fourth-order valence-electron chi connectivity index (χ4n) is 0.911. The van der Waals surface area contributed by atoms with Crippen LogP contribution >= 0.6 is 0 Å². The van der Waals surface area contributed by atoms with Gasteiger partial charge in [-0.3, -0.25) is 6.10 Å². The molecule has 1 nitrogen and oxygen atoms in total. The molecule has 1 saturated carbocycles. The SMILES string of the molecule is [Li+].[Li+].[O-]C1[CH-]CCCC1. The topological polar surface area (TPSA) is 23.1 Å². The molecule has 0 heterocycles. The van der Waals surface area contributed by atoms with Crippen LogP contribution in [0.15, 0.2) is 0 Å². The van der Waals surface area contributed by atoms with E-state index in [0.717, 1.165) is 19.3 Å². The first-order valence-corrected chi connectivity index (χ1v) is 2.89. The van der Waals surface area contributed by atoms with Crippen molar-refractivity contribution in [1.82, 2.24) is 0 Å². The van der Waals surface area contributed by atoms with E-state index in [1.54, 1.807) is 0 Å². The summed E-state index contributed by atoms with van der Waals surface area (Å²) in [5, 5.41) is 10.5. The average Bonchev–Trinajstić information content (AvgIpc) is 1.69. The molecule has 1 aliphatic rings. The van der Waals surface area contributed by atoms with Crippen molar-refractivity contribution in [3.8, 4) is 0 Å². The van der Waals surface area contributed by atoms with Gasteiger partial charge in [-0.05, 0) is 0 Å². The molecule has 9 heavy (non-hydrogen) atoms. The summed E-state index contributed by atoms with van der Waals surface area (Å²) in [6, 6.07) is 0. The van der Waals surface area contributed by atoms with Crippen molar-refractivity contribution in [1.29, 1.82) is 0 Å². The Balaban J connectivity index is 0. The van der Waals surface area contributed by atoms with Gasteiger partial charge in [0.25, 0.3) is 0 Å². The van der Waals surface area contributed by atoms with Gasteiger partial charge in [-0.2, -0.15) is 6.42 Å². The first-order chi connectivity index (χ1) is 3.39. The van der Waals surface area contributed by atoms with Crippen molar-refractivity contribution in [2.75, 3.05) is 0 Å². The smallest absolute Gasteiger partial charge is 0.876 e. The minimum Gasteiger partial charge on any atom is -0.876 e. The molecule has 1 unspecified atom stereocenters. The normalized spacial score (nSPS) is 25.7. The molecule has 0 radical (unpaired) electrons. The average molecular weight is 112 g/mol. The Morgan fingerprint density at radius 3 is 2.11 bits per heavy atom. The third kappa shape index (κ3) is 5.59. The van der Waals surface area contributed by atoms with Crippen LogP contribution in [0.25, 0.3) is 0 Å². The standard InChI is InChI=1S/C6H10O.2Li/c7-6-4-2-1-3-5-6;;/h4,6H,1-3,5H2;;/q-2;2*+1. The zero-order chi connectivity index (χ0) is 5.11. The Morgan fingerprint density at radius 1 is 1.22 bits per heavy atom. The summed E-state index contributed by atoms with van der Waals surface area (Å²) in [7, 11) is 0. The summed E-state index contributed by atoms with van der Waals surface area (Å²) in [5.41, 5.74) is 0. The number of hydrogen-bond donors (Lipinski definition) is 0. The van der Waals surface area contributed by atoms with Gasteiger partial charge in [0.15, 0.2) is 0 Å². The van der Waals surface area contributed by atoms with Gasteiger partial charge in [0.05, 0.1) is 0 Å². The molecule has 0 amide bonds. The van der Waals surface area contributed by atoms with E-state index in [9.17, 15) is 5.11 Å². The van der Waals surface area contributed by atoms with Crippen LogP contribution in [-0.2, 0) is 0 Å². The Morgan fingerprint density at radius 2 is 1.89 bits per heavy atom. The summed E-state index contributed by atoms with van der Waals surface area (Å²) in [6.45, 7) is 0. The molecule has 0 aromatic carbocycles. The summed E-state index contributed by atoms with van der Waals surface area (Å²) >= 11 is 0. The van der Waals surface area contributed by atoms with Gasteiger partial charge in [0, 0.05) is 0 Å². The molecule has 1 rings (SSSR count). The molecular formula is C6H10Li2O. The van der Waals surface area contributed by atoms with Crippen molar-refractivity contribution in [2.45, 2.75) is 31.8 Å². The van der Waals surface area contributed by atoms with Gasteiger partial charge < -0.3 is 11.5 Å². The molecular weight excluding hydrogens is 102 g/mol. The fraction of sp³-hybridized carbons (Fsp3) is 0.833. The van der Waals surface area contributed by atoms with E-state index in [4.69, 9.17) is 0 Å². The molecule has 0 aliphatic heterocycles. The van der Waals surface area contributed by atoms with E-state index in [2.05, 4.69) is 0 Å². The Bertz CT molecular complexity index is 53.0. The van der Waals surface area contributed by atoms with E-state index in [0.29, 0.717) is 0 Å². The molecule has 1 aliphatic carbocycles. The Kier molecular flexibility index (Phi) is 10.3. The molecule has 3 heteroatoms. The quantitative estimate of drug-likeness (QED) is 0.226. The molecule has 0 bridgehead atoms. The van der Waals surface area contributed by atoms with Gasteiger partial charge in [0.2, 0.25) is 0 Å². The third-order valence-electron chi connectivity index (χ3n) is 1.37. The van der Waals surface area contributed by atoms with Crippen LogP contribution in [0.2, 0.25) is 0 Å². The largest absolute Gasteiger partial charge is 1.00 e. The van der Waals surface area contributed by atoms with Crippen molar-refractivity contribution in [2.24, 2.45) is 0 Å². The zero-order valence-corrected chi connectivity index (χ0v) is 6.39. The van der Waals surface area contributed by atoms with Crippen LogP contribution in [0.5, 0.6) is 0 Å². The van der Waals surface area contributed by atoms with Crippen LogP contribution in [0.4, 0.5) is 0 Å². The summed E-state index contributed by atoms with van der Waals surface area (Å²) in [6.07, 6.45) is 5.84. The van der Waals surface area contributed by atoms with Gasteiger partial charge in [0.1, 0.15) is 0 Å². The Hall–Kier alpha value is 1.15. The monoisotopic (exact) mass is 112 g/mol. The van der Waals surface area contributed by atoms with Crippen molar-refractivity contribution in [3.63, 3.8) is 0 Å². The van der Waals surface area contributed by atoms with Crippen molar-refractivity contribution < 1.29 is 42.8 Å². The summed E-state index contributed by atoms with van der Waals surface area (Å²) in [5.74, 6) is 0. The molecule has 1 fully saturated rings. The first kappa shape index (κ1) is 12.8. The zero-order valence-electron chi connectivity index (χ0n) is 6.39. The molecule has 0 aromatic heterocycles. The molecule has 0 N–H and O–H groups in total. The molecule has 1 atom stereocenters. The van der Waals surface area contributed by atoms with Crippen LogP contribution < -0.4 is 42.8 Å². The fourth-order valence-corrected chi connectivity index (χ4v) is 0.911. The van der Waals surface area contributed by atoms with E-state index in [1.165, 1.54) is 6.42 Å². The van der Waals surface area contributed by atoms with Gasteiger partial charge in [-0.1, -0.05) is 19.3 Å². The van der Waals surface area contributed by atoms with Crippen LogP contribution in [0.3, 0.4) is 0 Å². The summed E-state index contributed by atoms with van der Waals surface area (Å²) in [4.78, 5) is 0. The summed E-state index contributed by atoms with van der Waals surface area (Å²) < 4.78 is 0. The second-order valence-electron chi connectivity index (χ2n) is 2.06. The second kappa shape index (κ2) is 7.26. The van der Waals surface area contributed by atoms with Crippen LogP contribution in [0.1, 0.15) is 25.7 Å². The maximum absolute atomic E-state index is 10.5. The van der Waals surface area contributed by atoms with Gasteiger partial charge in [-0.15, -0.1) is 0 Å². The third-order valence-corrected chi connectivity index (χ3v) is 1.37. The Labute approximate surface area is 80.9 Å². The predicted molar refractivity (Wildman–Crippen MR) is 26.6 cm³/mol. The number of hydrogen-bond acceptors (Lipinski definition) is 1. The van der Waals surface area contributed by atoms with E-state index in [-0.39, 0.29) is 43.8 Å².